The monoisotopic (exact) mass is 455 g/mol. The molecular formula is C27H25N3O4. The molecule has 0 saturated carbocycles. The Bertz CT molecular complexity index is 1350. The summed E-state index contributed by atoms with van der Waals surface area (Å²) in [6.07, 6.45) is 3.86. The Kier molecular flexibility index (Phi) is 6.85. The van der Waals surface area contributed by atoms with E-state index in [9.17, 15) is 14.7 Å². The van der Waals surface area contributed by atoms with Gasteiger partial charge in [0.1, 0.15) is 5.75 Å². The van der Waals surface area contributed by atoms with Gasteiger partial charge in [-0.2, -0.15) is 0 Å². The lowest BCUT2D eigenvalue weighted by Gasteiger charge is -2.17. The summed E-state index contributed by atoms with van der Waals surface area (Å²) in [7, 11) is 1.54. The van der Waals surface area contributed by atoms with Gasteiger partial charge >= 0.3 is 5.97 Å². The number of aromatic nitrogens is 1. The molecule has 172 valence electrons. The quantitative estimate of drug-likeness (QED) is 0.367. The van der Waals surface area contributed by atoms with Crippen LogP contribution in [-0.2, 0) is 11.2 Å². The van der Waals surface area contributed by atoms with Gasteiger partial charge in [-0.15, -0.1) is 0 Å². The standard InChI is InChI=1S/C27H25N3O4/c1-34-23-7-8-24(27(32)33)21(14-23)12-17-3-2-4-19(11-17)25(15-28)26(31)30-22-6-5-20-16-29-10-9-18(20)13-22/h2-11,13-14,16,25H,12,15,28H2,1H3,(H,30,31)(H,32,33). The number of aromatic carboxylic acids is 1. The number of carbonyl (C=O) groups is 2. The lowest BCUT2D eigenvalue weighted by Crippen LogP contribution is -2.27. The zero-order valence-electron chi connectivity index (χ0n) is 18.7. The number of hydrogen-bond donors (Lipinski definition) is 3. The molecule has 0 spiro atoms. The molecule has 7 heteroatoms. The number of methoxy groups -OCH3 is 1. The molecule has 1 unspecified atom stereocenters. The Morgan fingerprint density at radius 1 is 1.06 bits per heavy atom. The summed E-state index contributed by atoms with van der Waals surface area (Å²) in [5.74, 6) is -1.18. The van der Waals surface area contributed by atoms with Crippen LogP contribution in [0.15, 0.2) is 79.1 Å². The maximum absolute atomic E-state index is 13.1. The van der Waals surface area contributed by atoms with Crippen LogP contribution in [0.4, 0.5) is 5.69 Å². The van der Waals surface area contributed by atoms with E-state index < -0.39 is 11.9 Å². The number of anilines is 1. The number of carboxylic acid groups (broad SMARTS) is 1. The van der Waals surface area contributed by atoms with Crippen LogP contribution in [0.1, 0.15) is 33.0 Å². The average Bonchev–Trinajstić information content (AvgIpc) is 2.84. The van der Waals surface area contributed by atoms with Crippen molar-refractivity contribution in [2.24, 2.45) is 5.73 Å². The molecule has 34 heavy (non-hydrogen) atoms. The molecule has 1 aromatic heterocycles. The Morgan fingerprint density at radius 3 is 2.68 bits per heavy atom. The molecule has 0 fully saturated rings. The van der Waals surface area contributed by atoms with E-state index in [-0.39, 0.29) is 18.0 Å². The predicted molar refractivity (Wildman–Crippen MR) is 131 cm³/mol. The minimum atomic E-state index is -1.00. The normalized spacial score (nSPS) is 11.7. The first-order valence-electron chi connectivity index (χ1n) is 10.8. The summed E-state index contributed by atoms with van der Waals surface area (Å²) in [4.78, 5) is 28.8. The van der Waals surface area contributed by atoms with E-state index in [1.807, 2.05) is 48.5 Å². The molecule has 0 radical (unpaired) electrons. The number of carbonyl (C=O) groups excluding carboxylic acids is 1. The Hall–Kier alpha value is -4.23. The third kappa shape index (κ3) is 5.05. The molecule has 0 aliphatic rings. The Morgan fingerprint density at radius 2 is 1.91 bits per heavy atom. The number of amides is 1. The maximum Gasteiger partial charge on any atom is 0.335 e. The fraction of sp³-hybridized carbons (Fsp3) is 0.148. The average molecular weight is 456 g/mol. The summed E-state index contributed by atoms with van der Waals surface area (Å²) < 4.78 is 5.26. The van der Waals surface area contributed by atoms with Crippen molar-refractivity contribution in [3.8, 4) is 5.75 Å². The number of nitrogens with zero attached hydrogens (tertiary/aromatic N) is 1. The molecule has 4 aromatic rings. The van der Waals surface area contributed by atoms with E-state index in [0.29, 0.717) is 23.4 Å². The number of carboxylic acids is 1. The van der Waals surface area contributed by atoms with Crippen molar-refractivity contribution >= 4 is 28.3 Å². The van der Waals surface area contributed by atoms with Gasteiger partial charge in [-0.1, -0.05) is 30.3 Å². The first-order chi connectivity index (χ1) is 16.5. The zero-order valence-corrected chi connectivity index (χ0v) is 18.7. The van der Waals surface area contributed by atoms with Gasteiger partial charge in [-0.25, -0.2) is 4.79 Å². The number of pyridine rings is 1. The summed E-state index contributed by atoms with van der Waals surface area (Å²) in [5, 5.41) is 14.5. The van der Waals surface area contributed by atoms with Crippen molar-refractivity contribution in [1.29, 1.82) is 0 Å². The van der Waals surface area contributed by atoms with E-state index >= 15 is 0 Å². The highest BCUT2D eigenvalue weighted by atomic mass is 16.5. The van der Waals surface area contributed by atoms with Crippen molar-refractivity contribution in [2.45, 2.75) is 12.3 Å². The number of fused-ring (bicyclic) bond motifs is 1. The van der Waals surface area contributed by atoms with Crippen LogP contribution in [0.5, 0.6) is 5.75 Å². The molecule has 0 aliphatic heterocycles. The molecule has 0 bridgehead atoms. The first kappa shape index (κ1) is 22.9. The Labute approximate surface area is 197 Å². The van der Waals surface area contributed by atoms with E-state index in [0.717, 1.165) is 21.9 Å². The lowest BCUT2D eigenvalue weighted by atomic mass is 9.93. The van der Waals surface area contributed by atoms with E-state index in [2.05, 4.69) is 10.3 Å². The van der Waals surface area contributed by atoms with Crippen LogP contribution in [0.2, 0.25) is 0 Å². The number of hydrogen-bond acceptors (Lipinski definition) is 5. The van der Waals surface area contributed by atoms with Crippen molar-refractivity contribution < 1.29 is 19.4 Å². The summed E-state index contributed by atoms with van der Waals surface area (Å²) in [5.41, 5.74) is 9.15. The van der Waals surface area contributed by atoms with E-state index in [4.69, 9.17) is 10.5 Å². The van der Waals surface area contributed by atoms with Gasteiger partial charge in [0.15, 0.2) is 0 Å². The van der Waals surface area contributed by atoms with Gasteiger partial charge in [-0.05, 0) is 64.9 Å². The van der Waals surface area contributed by atoms with Crippen LogP contribution in [0.25, 0.3) is 10.8 Å². The number of nitrogens with two attached hydrogens (primary N) is 1. The molecular weight excluding hydrogens is 430 g/mol. The molecule has 7 nitrogen and oxygen atoms in total. The second-order valence-corrected chi connectivity index (χ2v) is 7.97. The van der Waals surface area contributed by atoms with Gasteiger partial charge < -0.3 is 20.9 Å². The number of nitrogens with one attached hydrogen (secondary N) is 1. The van der Waals surface area contributed by atoms with Crippen molar-refractivity contribution in [3.05, 3.63) is 101 Å². The van der Waals surface area contributed by atoms with Gasteiger partial charge in [-0.3, -0.25) is 9.78 Å². The molecule has 0 aliphatic carbocycles. The van der Waals surface area contributed by atoms with E-state index in [1.54, 1.807) is 24.5 Å². The van der Waals surface area contributed by atoms with Gasteiger partial charge in [0.25, 0.3) is 0 Å². The third-order valence-corrected chi connectivity index (χ3v) is 5.75. The second-order valence-electron chi connectivity index (χ2n) is 7.97. The topological polar surface area (TPSA) is 115 Å². The van der Waals surface area contributed by atoms with Crippen LogP contribution in [0, 0.1) is 0 Å². The summed E-state index contributed by atoms with van der Waals surface area (Å²) in [6, 6.07) is 19.9. The van der Waals surface area contributed by atoms with Crippen molar-refractivity contribution in [1.82, 2.24) is 4.98 Å². The summed E-state index contributed by atoms with van der Waals surface area (Å²) >= 11 is 0. The largest absolute Gasteiger partial charge is 0.497 e. The smallest absolute Gasteiger partial charge is 0.335 e. The maximum atomic E-state index is 13.1. The molecule has 1 atom stereocenters. The Balaban J connectivity index is 1.56. The van der Waals surface area contributed by atoms with Gasteiger partial charge in [0.2, 0.25) is 5.91 Å². The highest BCUT2D eigenvalue weighted by molar-refractivity contribution is 5.98. The first-order valence-corrected chi connectivity index (χ1v) is 10.8. The zero-order chi connectivity index (χ0) is 24.1. The minimum absolute atomic E-state index is 0.131. The SMILES string of the molecule is COc1ccc(C(=O)O)c(Cc2cccc(C(CN)C(=O)Nc3ccc4cnccc4c3)c2)c1. The summed E-state index contributed by atoms with van der Waals surface area (Å²) in [6.45, 7) is 0.131. The lowest BCUT2D eigenvalue weighted by molar-refractivity contribution is -0.117. The van der Waals surface area contributed by atoms with Crippen molar-refractivity contribution in [2.75, 3.05) is 19.0 Å². The van der Waals surface area contributed by atoms with Crippen LogP contribution < -0.4 is 15.8 Å². The fourth-order valence-corrected chi connectivity index (χ4v) is 3.98. The van der Waals surface area contributed by atoms with Gasteiger partial charge in [0, 0.05) is 30.0 Å². The number of benzene rings is 3. The van der Waals surface area contributed by atoms with Crippen LogP contribution in [-0.4, -0.2) is 35.6 Å². The number of ether oxygens (including phenoxy) is 1. The minimum Gasteiger partial charge on any atom is -0.497 e. The van der Waals surface area contributed by atoms with Gasteiger partial charge in [0.05, 0.1) is 18.6 Å². The third-order valence-electron chi connectivity index (χ3n) is 5.75. The van der Waals surface area contributed by atoms with E-state index in [1.165, 1.54) is 13.2 Å². The second kappa shape index (κ2) is 10.1. The highest BCUT2D eigenvalue weighted by Gasteiger charge is 2.20. The molecule has 4 rings (SSSR count). The van der Waals surface area contributed by atoms with Crippen molar-refractivity contribution in [3.63, 3.8) is 0 Å². The molecule has 3 aromatic carbocycles. The van der Waals surface area contributed by atoms with Crippen LogP contribution in [0.3, 0.4) is 0 Å². The molecule has 0 saturated heterocycles. The number of rotatable bonds is 8. The highest BCUT2D eigenvalue weighted by Crippen LogP contribution is 2.25. The van der Waals surface area contributed by atoms with Crippen LogP contribution >= 0.6 is 0 Å². The molecule has 1 amide bonds. The molecule has 1 heterocycles. The predicted octanol–water partition coefficient (Wildman–Crippen LogP) is 4.21. The molecule has 4 N–H and O–H groups in total. The fourth-order valence-electron chi connectivity index (χ4n) is 3.98.